The Bertz CT molecular complexity index is 988. The van der Waals surface area contributed by atoms with Crippen LogP contribution in [0.3, 0.4) is 0 Å². The lowest BCUT2D eigenvalue weighted by Crippen LogP contribution is -2.44. The number of benzene rings is 2. The van der Waals surface area contributed by atoms with Gasteiger partial charge >= 0.3 is 5.97 Å². The van der Waals surface area contributed by atoms with Crippen molar-refractivity contribution in [3.05, 3.63) is 71.8 Å². The number of carboxylic acids is 1. The fourth-order valence-electron chi connectivity index (χ4n) is 5.54. The van der Waals surface area contributed by atoms with Crippen LogP contribution in [-0.4, -0.2) is 58.4 Å². The molecule has 3 atom stereocenters. The summed E-state index contributed by atoms with van der Waals surface area (Å²) in [6.45, 7) is 2.11. The van der Waals surface area contributed by atoms with Crippen LogP contribution in [0.4, 0.5) is 0 Å². The first-order valence-corrected chi connectivity index (χ1v) is 12.9. The highest BCUT2D eigenvalue weighted by Crippen LogP contribution is 2.28. The summed E-state index contributed by atoms with van der Waals surface area (Å²) in [4.78, 5) is 42.4. The third-order valence-electron chi connectivity index (χ3n) is 7.45. The van der Waals surface area contributed by atoms with E-state index in [1.54, 1.807) is 4.90 Å². The molecule has 1 unspecified atom stereocenters. The predicted molar refractivity (Wildman–Crippen MR) is 135 cm³/mol. The van der Waals surface area contributed by atoms with E-state index in [-0.39, 0.29) is 23.7 Å². The minimum atomic E-state index is -0.930. The standard InChI is InChI=1S/C29H36N2O4/c32-27(30-17-7-8-18-30)24(20-22-10-3-1-4-11-22)15-16-25(21-23-12-5-2-6-13-23)28(33)31-19-9-14-26(31)29(34)35/h1-6,10-13,24-26H,7-9,14-21H2,(H,34,35)/t24-,25?,26-/m1/s1. The molecule has 2 fully saturated rings. The summed E-state index contributed by atoms with van der Waals surface area (Å²) in [5.41, 5.74) is 2.18. The summed E-state index contributed by atoms with van der Waals surface area (Å²) in [6, 6.07) is 19.2. The molecule has 2 aliphatic rings. The van der Waals surface area contributed by atoms with E-state index in [4.69, 9.17) is 0 Å². The first kappa shape index (κ1) is 25.0. The van der Waals surface area contributed by atoms with Crippen molar-refractivity contribution in [1.29, 1.82) is 0 Å². The van der Waals surface area contributed by atoms with Crippen molar-refractivity contribution >= 4 is 17.8 Å². The molecule has 2 aliphatic heterocycles. The maximum Gasteiger partial charge on any atom is 0.326 e. The number of amides is 2. The Morgan fingerprint density at radius 2 is 1.26 bits per heavy atom. The van der Waals surface area contributed by atoms with Crippen molar-refractivity contribution in [2.24, 2.45) is 11.8 Å². The smallest absolute Gasteiger partial charge is 0.326 e. The normalized spacial score (nSPS) is 19.5. The molecule has 186 valence electrons. The van der Waals surface area contributed by atoms with Gasteiger partial charge in [-0.25, -0.2) is 4.79 Å². The first-order valence-electron chi connectivity index (χ1n) is 12.9. The molecule has 2 amide bonds. The highest BCUT2D eigenvalue weighted by molar-refractivity contribution is 5.86. The van der Waals surface area contributed by atoms with Crippen LogP contribution in [0.1, 0.15) is 49.7 Å². The van der Waals surface area contributed by atoms with E-state index in [0.29, 0.717) is 45.1 Å². The van der Waals surface area contributed by atoms with Crippen molar-refractivity contribution in [3.8, 4) is 0 Å². The third-order valence-corrected chi connectivity index (χ3v) is 7.45. The molecule has 0 aliphatic carbocycles. The second-order valence-corrected chi connectivity index (χ2v) is 9.91. The van der Waals surface area contributed by atoms with Gasteiger partial charge in [0.15, 0.2) is 0 Å². The lowest BCUT2D eigenvalue weighted by molar-refractivity contribution is -0.150. The molecule has 0 saturated carbocycles. The number of carbonyl (C=O) groups is 3. The molecule has 1 N–H and O–H groups in total. The lowest BCUT2D eigenvalue weighted by Gasteiger charge is -2.29. The van der Waals surface area contributed by atoms with E-state index in [1.165, 1.54) is 0 Å². The monoisotopic (exact) mass is 476 g/mol. The van der Waals surface area contributed by atoms with Crippen molar-refractivity contribution in [2.45, 2.75) is 57.4 Å². The van der Waals surface area contributed by atoms with E-state index in [1.807, 2.05) is 53.4 Å². The molecule has 0 spiro atoms. The largest absolute Gasteiger partial charge is 0.480 e. The van der Waals surface area contributed by atoms with Crippen LogP contribution < -0.4 is 0 Å². The molecular formula is C29H36N2O4. The number of aliphatic carboxylic acids is 1. The average molecular weight is 477 g/mol. The van der Waals surface area contributed by atoms with Gasteiger partial charge in [-0.1, -0.05) is 60.7 Å². The zero-order chi connectivity index (χ0) is 24.6. The zero-order valence-corrected chi connectivity index (χ0v) is 20.4. The van der Waals surface area contributed by atoms with Crippen molar-refractivity contribution in [3.63, 3.8) is 0 Å². The van der Waals surface area contributed by atoms with E-state index in [2.05, 4.69) is 12.1 Å². The maximum atomic E-state index is 13.6. The molecule has 0 radical (unpaired) electrons. The number of hydrogen-bond donors (Lipinski definition) is 1. The third kappa shape index (κ3) is 6.50. The van der Waals surface area contributed by atoms with Gasteiger partial charge in [0.2, 0.25) is 11.8 Å². The van der Waals surface area contributed by atoms with E-state index in [0.717, 1.165) is 37.1 Å². The molecule has 6 heteroatoms. The SMILES string of the molecule is O=C(O)[C@H]1CCCN1C(=O)C(CC[C@H](Cc1ccccc1)C(=O)N1CCCC1)Cc1ccccc1. The fourth-order valence-corrected chi connectivity index (χ4v) is 5.54. The topological polar surface area (TPSA) is 77.9 Å². The Hall–Kier alpha value is -3.15. The minimum absolute atomic E-state index is 0.0918. The Kier molecular flexibility index (Phi) is 8.56. The molecule has 2 saturated heterocycles. The summed E-state index contributed by atoms with van der Waals surface area (Å²) < 4.78 is 0. The Morgan fingerprint density at radius 3 is 1.77 bits per heavy atom. The molecule has 6 nitrogen and oxygen atoms in total. The number of likely N-dealkylation sites (tertiary alicyclic amines) is 2. The molecular weight excluding hydrogens is 440 g/mol. The number of hydrogen-bond acceptors (Lipinski definition) is 3. The fraction of sp³-hybridized carbons (Fsp3) is 0.483. The number of rotatable bonds is 10. The number of carbonyl (C=O) groups excluding carboxylic acids is 2. The number of carboxylic acid groups (broad SMARTS) is 1. The predicted octanol–water partition coefficient (Wildman–Crippen LogP) is 4.18. The van der Waals surface area contributed by atoms with Crippen LogP contribution in [-0.2, 0) is 27.2 Å². The van der Waals surface area contributed by atoms with Gasteiger partial charge in [-0.3, -0.25) is 9.59 Å². The van der Waals surface area contributed by atoms with Gasteiger partial charge in [0.1, 0.15) is 6.04 Å². The van der Waals surface area contributed by atoms with Crippen LogP contribution in [0.2, 0.25) is 0 Å². The second kappa shape index (κ2) is 12.0. The molecule has 0 bridgehead atoms. The summed E-state index contributed by atoms with van der Waals surface area (Å²) in [7, 11) is 0. The van der Waals surface area contributed by atoms with Gasteiger partial charge in [0, 0.05) is 31.5 Å². The van der Waals surface area contributed by atoms with Crippen LogP contribution in [0.15, 0.2) is 60.7 Å². The summed E-state index contributed by atoms with van der Waals surface area (Å²) >= 11 is 0. The Morgan fingerprint density at radius 1 is 0.743 bits per heavy atom. The van der Waals surface area contributed by atoms with Gasteiger partial charge in [0.25, 0.3) is 0 Å². The molecule has 4 rings (SSSR count). The van der Waals surface area contributed by atoms with Crippen molar-refractivity contribution < 1.29 is 19.5 Å². The van der Waals surface area contributed by atoms with E-state index < -0.39 is 12.0 Å². The van der Waals surface area contributed by atoms with Gasteiger partial charge in [-0.15, -0.1) is 0 Å². The zero-order valence-electron chi connectivity index (χ0n) is 20.4. The highest BCUT2D eigenvalue weighted by atomic mass is 16.4. The number of nitrogens with zero attached hydrogens (tertiary/aromatic N) is 2. The molecule has 35 heavy (non-hydrogen) atoms. The molecule has 0 aromatic heterocycles. The maximum absolute atomic E-state index is 13.6. The molecule has 2 aromatic rings. The summed E-state index contributed by atoms with van der Waals surface area (Å²) in [6.07, 6.45) is 5.69. The van der Waals surface area contributed by atoms with Gasteiger partial charge < -0.3 is 14.9 Å². The second-order valence-electron chi connectivity index (χ2n) is 9.91. The Labute approximate surface area is 207 Å². The van der Waals surface area contributed by atoms with E-state index in [9.17, 15) is 19.5 Å². The van der Waals surface area contributed by atoms with Crippen LogP contribution in [0.5, 0.6) is 0 Å². The summed E-state index contributed by atoms with van der Waals surface area (Å²) in [5.74, 6) is -1.37. The summed E-state index contributed by atoms with van der Waals surface area (Å²) in [5, 5.41) is 9.64. The van der Waals surface area contributed by atoms with Gasteiger partial charge in [0.05, 0.1) is 0 Å². The van der Waals surface area contributed by atoms with Crippen molar-refractivity contribution in [2.75, 3.05) is 19.6 Å². The Balaban J connectivity index is 1.52. The van der Waals surface area contributed by atoms with Crippen molar-refractivity contribution in [1.82, 2.24) is 9.80 Å². The molecule has 2 heterocycles. The quantitative estimate of drug-likeness (QED) is 0.558. The lowest BCUT2D eigenvalue weighted by atomic mass is 9.86. The van der Waals surface area contributed by atoms with E-state index >= 15 is 0 Å². The van der Waals surface area contributed by atoms with Gasteiger partial charge in [-0.05, 0) is 62.5 Å². The molecule has 2 aromatic carbocycles. The average Bonchev–Trinajstić information content (AvgIpc) is 3.59. The van der Waals surface area contributed by atoms with Crippen LogP contribution in [0.25, 0.3) is 0 Å². The van der Waals surface area contributed by atoms with Gasteiger partial charge in [-0.2, -0.15) is 0 Å². The first-order chi connectivity index (χ1) is 17.0. The van der Waals surface area contributed by atoms with Crippen LogP contribution >= 0.6 is 0 Å². The minimum Gasteiger partial charge on any atom is -0.480 e. The highest BCUT2D eigenvalue weighted by Gasteiger charge is 2.37. The van der Waals surface area contributed by atoms with Crippen LogP contribution in [0, 0.1) is 11.8 Å².